The minimum Gasteiger partial charge on any atom is -0.489 e. The molecule has 0 bridgehead atoms. The fourth-order valence-electron chi connectivity index (χ4n) is 6.97. The number of amides is 1. The van der Waals surface area contributed by atoms with Crippen molar-refractivity contribution in [2.75, 3.05) is 46.3 Å². The van der Waals surface area contributed by atoms with Gasteiger partial charge in [0.1, 0.15) is 11.9 Å². The second-order valence-corrected chi connectivity index (χ2v) is 12.0. The first-order valence-corrected chi connectivity index (χ1v) is 14.7. The van der Waals surface area contributed by atoms with E-state index in [0.29, 0.717) is 18.5 Å². The number of fused-ring (bicyclic) bond motifs is 2. The number of hydrogen-bond acceptors (Lipinski definition) is 6. The molecule has 1 aromatic heterocycles. The summed E-state index contributed by atoms with van der Waals surface area (Å²) in [5.74, 6) is 1.61. The molecule has 1 amide bonds. The SMILES string of the molecule is CN1CC[C@@H](c2ccc3cc(CN4CC[C@H](Oc5ccc6c(c5)CN(C5CCCNC5)C6=O)C4)ccc3n2)C1. The second-order valence-electron chi connectivity index (χ2n) is 12.0. The first-order valence-electron chi connectivity index (χ1n) is 14.7. The molecule has 2 aromatic carbocycles. The number of ether oxygens (including phenoxy) is 1. The van der Waals surface area contributed by atoms with Crippen molar-refractivity contribution >= 4 is 16.8 Å². The zero-order valence-electron chi connectivity index (χ0n) is 22.9. The number of aromatic nitrogens is 1. The molecule has 204 valence electrons. The summed E-state index contributed by atoms with van der Waals surface area (Å²) in [4.78, 5) is 24.9. The van der Waals surface area contributed by atoms with Gasteiger partial charge in [0.25, 0.3) is 5.91 Å². The van der Waals surface area contributed by atoms with Gasteiger partial charge in [-0.15, -0.1) is 0 Å². The van der Waals surface area contributed by atoms with Crippen molar-refractivity contribution in [3.05, 3.63) is 70.9 Å². The third-order valence-electron chi connectivity index (χ3n) is 9.14. The number of benzene rings is 2. The zero-order chi connectivity index (χ0) is 26.3. The minimum absolute atomic E-state index is 0.172. The van der Waals surface area contributed by atoms with Crippen LogP contribution in [-0.4, -0.2) is 84.1 Å². The highest BCUT2D eigenvalue weighted by Crippen LogP contribution is 2.31. The van der Waals surface area contributed by atoms with Crippen LogP contribution in [0.2, 0.25) is 0 Å². The largest absolute Gasteiger partial charge is 0.489 e. The van der Waals surface area contributed by atoms with Crippen LogP contribution in [0.25, 0.3) is 10.9 Å². The Labute approximate surface area is 231 Å². The molecular weight excluding hydrogens is 486 g/mol. The molecule has 0 saturated carbocycles. The maximum absolute atomic E-state index is 13.0. The fourth-order valence-corrected chi connectivity index (χ4v) is 6.97. The van der Waals surface area contributed by atoms with Crippen LogP contribution in [0.5, 0.6) is 5.75 Å². The van der Waals surface area contributed by atoms with E-state index in [1.54, 1.807) is 0 Å². The second kappa shape index (κ2) is 10.5. The molecule has 3 saturated heterocycles. The van der Waals surface area contributed by atoms with Gasteiger partial charge < -0.3 is 19.9 Å². The number of likely N-dealkylation sites (N-methyl/N-ethyl adjacent to an activating group) is 1. The highest BCUT2D eigenvalue weighted by Gasteiger charge is 2.34. The van der Waals surface area contributed by atoms with Crippen molar-refractivity contribution < 1.29 is 9.53 Å². The number of hydrogen-bond donors (Lipinski definition) is 1. The summed E-state index contributed by atoms with van der Waals surface area (Å²) >= 11 is 0. The van der Waals surface area contributed by atoms with Crippen LogP contribution < -0.4 is 10.1 Å². The van der Waals surface area contributed by atoms with Crippen molar-refractivity contribution in [1.29, 1.82) is 0 Å². The monoisotopic (exact) mass is 525 g/mol. The summed E-state index contributed by atoms with van der Waals surface area (Å²) in [5.41, 5.74) is 5.60. The van der Waals surface area contributed by atoms with E-state index in [2.05, 4.69) is 58.6 Å². The predicted molar refractivity (Wildman–Crippen MR) is 153 cm³/mol. The average molecular weight is 526 g/mol. The van der Waals surface area contributed by atoms with Crippen molar-refractivity contribution in [2.24, 2.45) is 0 Å². The molecule has 1 N–H and O–H groups in total. The molecule has 0 aliphatic carbocycles. The van der Waals surface area contributed by atoms with Gasteiger partial charge in [0.05, 0.1) is 5.52 Å². The Bertz CT molecular complexity index is 1370. The standard InChI is InChI=1S/C32H39N5O2/c1-35-13-10-24(19-35)31-9-5-23-15-22(4-8-30(23)34-31)18-36-14-11-28(21-36)39-27-6-7-29-25(16-27)20-37(32(29)38)26-3-2-12-33-17-26/h4-9,15-16,24,26,28,33H,2-3,10-14,17-21H2,1H3/t24-,26?,28+/m1/s1. The van der Waals surface area contributed by atoms with Crippen LogP contribution >= 0.6 is 0 Å². The van der Waals surface area contributed by atoms with Gasteiger partial charge in [0, 0.05) is 67.9 Å². The number of nitrogens with one attached hydrogen (secondary N) is 1. The maximum atomic E-state index is 13.0. The molecule has 4 aliphatic rings. The number of likely N-dealkylation sites (tertiary alicyclic amines) is 2. The Kier molecular flexibility index (Phi) is 6.75. The van der Waals surface area contributed by atoms with Gasteiger partial charge in [-0.05, 0) is 93.3 Å². The molecule has 5 heterocycles. The van der Waals surface area contributed by atoms with E-state index in [-0.39, 0.29) is 12.0 Å². The number of pyridine rings is 1. The van der Waals surface area contributed by atoms with E-state index in [9.17, 15) is 4.79 Å². The van der Waals surface area contributed by atoms with Gasteiger partial charge in [-0.3, -0.25) is 14.7 Å². The average Bonchev–Trinajstić information content (AvgIpc) is 3.68. The number of carbonyl (C=O) groups is 1. The molecule has 7 rings (SSSR count). The fraction of sp³-hybridized carbons (Fsp3) is 0.500. The van der Waals surface area contributed by atoms with Crippen LogP contribution in [0.1, 0.15) is 58.8 Å². The van der Waals surface area contributed by atoms with Crippen LogP contribution in [0.3, 0.4) is 0 Å². The van der Waals surface area contributed by atoms with Crippen LogP contribution in [0, 0.1) is 0 Å². The first-order chi connectivity index (χ1) is 19.1. The Morgan fingerprint density at radius 2 is 1.97 bits per heavy atom. The lowest BCUT2D eigenvalue weighted by Gasteiger charge is -2.31. The highest BCUT2D eigenvalue weighted by molar-refractivity contribution is 5.98. The summed E-state index contributed by atoms with van der Waals surface area (Å²) in [6.45, 7) is 7.79. The summed E-state index contributed by atoms with van der Waals surface area (Å²) in [5, 5.41) is 4.66. The quantitative estimate of drug-likeness (QED) is 0.525. The maximum Gasteiger partial charge on any atom is 0.254 e. The summed E-state index contributed by atoms with van der Waals surface area (Å²) in [6.07, 6.45) is 4.61. The van der Waals surface area contributed by atoms with Crippen molar-refractivity contribution in [2.45, 2.75) is 56.8 Å². The van der Waals surface area contributed by atoms with Crippen LogP contribution in [0.4, 0.5) is 0 Å². The van der Waals surface area contributed by atoms with Gasteiger partial charge in [0.15, 0.2) is 0 Å². The Balaban J connectivity index is 0.959. The molecular formula is C32H39N5O2. The Morgan fingerprint density at radius 3 is 2.82 bits per heavy atom. The lowest BCUT2D eigenvalue weighted by atomic mass is 10.0. The predicted octanol–water partition coefficient (Wildman–Crippen LogP) is 4.02. The van der Waals surface area contributed by atoms with Crippen LogP contribution in [-0.2, 0) is 13.1 Å². The smallest absolute Gasteiger partial charge is 0.254 e. The van der Waals surface area contributed by atoms with E-state index in [1.165, 1.54) is 23.1 Å². The summed E-state index contributed by atoms with van der Waals surface area (Å²) in [7, 11) is 2.19. The Hall–Kier alpha value is -3.00. The highest BCUT2D eigenvalue weighted by atomic mass is 16.5. The third kappa shape index (κ3) is 5.15. The summed E-state index contributed by atoms with van der Waals surface area (Å²) < 4.78 is 6.43. The minimum atomic E-state index is 0.172. The van der Waals surface area contributed by atoms with Gasteiger partial charge in [-0.1, -0.05) is 12.1 Å². The van der Waals surface area contributed by atoms with Crippen molar-refractivity contribution in [1.82, 2.24) is 25.0 Å². The molecule has 3 aromatic rings. The van der Waals surface area contributed by atoms with E-state index in [4.69, 9.17) is 9.72 Å². The molecule has 0 radical (unpaired) electrons. The van der Waals surface area contributed by atoms with Gasteiger partial charge in [-0.2, -0.15) is 0 Å². The van der Waals surface area contributed by atoms with E-state index < -0.39 is 0 Å². The molecule has 1 unspecified atom stereocenters. The summed E-state index contributed by atoms with van der Waals surface area (Å²) in [6, 6.07) is 17.5. The van der Waals surface area contributed by atoms with E-state index >= 15 is 0 Å². The van der Waals surface area contributed by atoms with E-state index in [0.717, 1.165) is 87.5 Å². The zero-order valence-corrected chi connectivity index (χ0v) is 22.9. The lowest BCUT2D eigenvalue weighted by Crippen LogP contribution is -2.46. The van der Waals surface area contributed by atoms with Crippen LogP contribution in [0.15, 0.2) is 48.5 Å². The topological polar surface area (TPSA) is 60.9 Å². The van der Waals surface area contributed by atoms with Gasteiger partial charge >= 0.3 is 0 Å². The molecule has 0 spiro atoms. The number of carbonyl (C=O) groups excluding carboxylic acids is 1. The normalized spacial score (nSPS) is 26.0. The van der Waals surface area contributed by atoms with Crippen molar-refractivity contribution in [3.63, 3.8) is 0 Å². The molecule has 7 heteroatoms. The Morgan fingerprint density at radius 1 is 1.03 bits per heavy atom. The molecule has 3 fully saturated rings. The first kappa shape index (κ1) is 25.0. The third-order valence-corrected chi connectivity index (χ3v) is 9.14. The molecule has 3 atom stereocenters. The van der Waals surface area contributed by atoms with E-state index in [1.807, 2.05) is 17.0 Å². The number of nitrogens with zero attached hydrogens (tertiary/aromatic N) is 4. The van der Waals surface area contributed by atoms with Gasteiger partial charge in [0.2, 0.25) is 0 Å². The number of piperidine rings is 1. The lowest BCUT2D eigenvalue weighted by molar-refractivity contribution is 0.0674. The number of rotatable bonds is 6. The molecule has 4 aliphatic heterocycles. The van der Waals surface area contributed by atoms with Crippen molar-refractivity contribution in [3.8, 4) is 5.75 Å². The molecule has 39 heavy (non-hydrogen) atoms. The van der Waals surface area contributed by atoms with Gasteiger partial charge in [-0.25, -0.2) is 0 Å². The molecule has 7 nitrogen and oxygen atoms in total.